The highest BCUT2D eigenvalue weighted by Crippen LogP contribution is 2.29. The van der Waals surface area contributed by atoms with Crippen LogP contribution < -0.4 is 0 Å². The lowest BCUT2D eigenvalue weighted by Gasteiger charge is -2.08. The van der Waals surface area contributed by atoms with Gasteiger partial charge in [0.25, 0.3) is 0 Å². The molecule has 87 valence electrons. The molecule has 0 atom stereocenters. The van der Waals surface area contributed by atoms with Gasteiger partial charge in [0, 0.05) is 5.56 Å². The molecule has 0 aliphatic heterocycles. The fraction of sp³-hybridized carbons (Fsp3) is 0.143. The van der Waals surface area contributed by atoms with E-state index in [1.54, 1.807) is 13.8 Å². The number of benzene rings is 2. The van der Waals surface area contributed by atoms with Crippen molar-refractivity contribution in [3.63, 3.8) is 0 Å². The summed E-state index contributed by atoms with van der Waals surface area (Å²) in [7, 11) is 0. The van der Waals surface area contributed by atoms with Crippen molar-refractivity contribution in [2.45, 2.75) is 13.8 Å². The smallest absolute Gasteiger partial charge is 0.134 e. The predicted molar refractivity (Wildman–Crippen MR) is 60.1 cm³/mol. The maximum atomic E-state index is 13.7. The molecule has 0 aliphatic rings. The third-order valence-electron chi connectivity index (χ3n) is 2.50. The van der Waals surface area contributed by atoms with Crippen LogP contribution in [0.4, 0.5) is 13.2 Å². The standard InChI is InChI=1S/C14H10F3/c1-8-3-4-11(15)10(5-8)14-12(16)6-9(2)7-13(14)17/h4-7H,1-2H3. The number of hydrogen-bond donors (Lipinski definition) is 0. The third-order valence-corrected chi connectivity index (χ3v) is 2.50. The Labute approximate surface area is 97.7 Å². The SMILES string of the molecule is Cc1[c]cc(F)c(-c2c(F)cc(C)cc2F)c1. The van der Waals surface area contributed by atoms with Gasteiger partial charge in [-0.05, 0) is 55.3 Å². The summed E-state index contributed by atoms with van der Waals surface area (Å²) >= 11 is 0. The van der Waals surface area contributed by atoms with Crippen LogP contribution in [0.2, 0.25) is 0 Å². The second-order valence-electron chi connectivity index (χ2n) is 3.98. The maximum absolute atomic E-state index is 13.7. The van der Waals surface area contributed by atoms with E-state index in [0.717, 1.165) is 6.07 Å². The van der Waals surface area contributed by atoms with Crippen LogP contribution in [-0.2, 0) is 0 Å². The zero-order valence-electron chi connectivity index (χ0n) is 9.44. The van der Waals surface area contributed by atoms with Gasteiger partial charge in [-0.2, -0.15) is 0 Å². The maximum Gasteiger partial charge on any atom is 0.134 e. The van der Waals surface area contributed by atoms with Crippen LogP contribution in [-0.4, -0.2) is 0 Å². The molecule has 2 aromatic carbocycles. The van der Waals surface area contributed by atoms with Crippen LogP contribution in [0.15, 0.2) is 24.3 Å². The molecule has 2 aromatic rings. The molecule has 0 amide bonds. The van der Waals surface area contributed by atoms with E-state index in [0.29, 0.717) is 11.1 Å². The number of halogens is 3. The molecule has 17 heavy (non-hydrogen) atoms. The van der Waals surface area contributed by atoms with Gasteiger partial charge in [-0.3, -0.25) is 0 Å². The first-order valence-electron chi connectivity index (χ1n) is 5.13. The largest absolute Gasteiger partial charge is 0.206 e. The molecule has 0 N–H and O–H groups in total. The first kappa shape index (κ1) is 11.7. The van der Waals surface area contributed by atoms with E-state index < -0.39 is 17.5 Å². The Hall–Kier alpha value is -1.77. The van der Waals surface area contributed by atoms with Crippen molar-refractivity contribution in [3.05, 3.63) is 58.9 Å². The average molecular weight is 235 g/mol. The molecule has 0 bridgehead atoms. The van der Waals surface area contributed by atoms with Gasteiger partial charge in [0.05, 0.1) is 5.56 Å². The molecule has 0 fully saturated rings. The van der Waals surface area contributed by atoms with Crippen molar-refractivity contribution in [1.29, 1.82) is 0 Å². The molecule has 2 rings (SSSR count). The van der Waals surface area contributed by atoms with Gasteiger partial charge in [-0.15, -0.1) is 0 Å². The van der Waals surface area contributed by atoms with E-state index in [-0.39, 0.29) is 11.1 Å². The van der Waals surface area contributed by atoms with Gasteiger partial charge < -0.3 is 0 Å². The fourth-order valence-electron chi connectivity index (χ4n) is 1.73. The molecule has 3 heteroatoms. The monoisotopic (exact) mass is 235 g/mol. The zero-order valence-corrected chi connectivity index (χ0v) is 9.44. The lowest BCUT2D eigenvalue weighted by Crippen LogP contribution is -1.95. The summed E-state index contributed by atoms with van der Waals surface area (Å²) in [5.74, 6) is -2.20. The van der Waals surface area contributed by atoms with Crippen molar-refractivity contribution >= 4 is 0 Å². The molecular formula is C14H10F3. The highest BCUT2D eigenvalue weighted by atomic mass is 19.1. The van der Waals surface area contributed by atoms with Crippen LogP contribution in [0.3, 0.4) is 0 Å². The Morgan fingerprint density at radius 3 is 2.06 bits per heavy atom. The Bertz CT molecular complexity index is 551. The van der Waals surface area contributed by atoms with Gasteiger partial charge >= 0.3 is 0 Å². The normalized spacial score (nSPS) is 10.6. The van der Waals surface area contributed by atoms with Crippen molar-refractivity contribution < 1.29 is 13.2 Å². The van der Waals surface area contributed by atoms with E-state index in [9.17, 15) is 13.2 Å². The van der Waals surface area contributed by atoms with Gasteiger partial charge in [-0.25, -0.2) is 13.2 Å². The second-order valence-corrected chi connectivity index (χ2v) is 3.98. The van der Waals surface area contributed by atoms with Gasteiger partial charge in [0.1, 0.15) is 17.5 Å². The lowest BCUT2D eigenvalue weighted by atomic mass is 10.0. The molecule has 0 aromatic heterocycles. The van der Waals surface area contributed by atoms with Gasteiger partial charge in [0.2, 0.25) is 0 Å². The quantitative estimate of drug-likeness (QED) is 0.695. The van der Waals surface area contributed by atoms with Crippen molar-refractivity contribution in [2.75, 3.05) is 0 Å². The van der Waals surface area contributed by atoms with E-state index in [1.165, 1.54) is 18.2 Å². The molecule has 0 aliphatic carbocycles. The molecule has 0 nitrogen and oxygen atoms in total. The Morgan fingerprint density at radius 2 is 1.47 bits per heavy atom. The highest BCUT2D eigenvalue weighted by Gasteiger charge is 2.16. The first-order chi connectivity index (χ1) is 7.99. The summed E-state index contributed by atoms with van der Waals surface area (Å²) in [6.45, 7) is 3.27. The average Bonchev–Trinajstić information content (AvgIpc) is 2.21. The van der Waals surface area contributed by atoms with E-state index in [1.807, 2.05) is 0 Å². The Morgan fingerprint density at radius 1 is 0.882 bits per heavy atom. The van der Waals surface area contributed by atoms with Crippen LogP contribution in [0.25, 0.3) is 11.1 Å². The molecular weight excluding hydrogens is 225 g/mol. The van der Waals surface area contributed by atoms with Crippen molar-refractivity contribution in [3.8, 4) is 11.1 Å². The van der Waals surface area contributed by atoms with Gasteiger partial charge in [0.15, 0.2) is 0 Å². The zero-order chi connectivity index (χ0) is 12.6. The molecule has 0 saturated heterocycles. The van der Waals surface area contributed by atoms with Gasteiger partial charge in [-0.1, -0.05) is 0 Å². The van der Waals surface area contributed by atoms with Crippen molar-refractivity contribution in [1.82, 2.24) is 0 Å². The molecule has 0 saturated carbocycles. The summed E-state index contributed by atoms with van der Waals surface area (Å²) in [5.41, 5.74) is 0.686. The highest BCUT2D eigenvalue weighted by molar-refractivity contribution is 5.66. The summed E-state index contributed by atoms with van der Waals surface area (Å²) in [6, 6.07) is 7.48. The summed E-state index contributed by atoms with van der Waals surface area (Å²) in [5, 5.41) is 0. The number of hydrogen-bond acceptors (Lipinski definition) is 0. The number of rotatable bonds is 1. The predicted octanol–water partition coefficient (Wildman–Crippen LogP) is 4.19. The van der Waals surface area contributed by atoms with Crippen LogP contribution in [0, 0.1) is 37.4 Å². The summed E-state index contributed by atoms with van der Waals surface area (Å²) in [6.07, 6.45) is 0. The fourth-order valence-corrected chi connectivity index (χ4v) is 1.73. The minimum atomic E-state index is -0.757. The Balaban J connectivity index is 2.72. The molecule has 1 radical (unpaired) electrons. The molecule has 0 spiro atoms. The Kier molecular flexibility index (Phi) is 2.92. The van der Waals surface area contributed by atoms with Crippen LogP contribution in [0.5, 0.6) is 0 Å². The van der Waals surface area contributed by atoms with E-state index in [4.69, 9.17) is 0 Å². The van der Waals surface area contributed by atoms with Crippen LogP contribution >= 0.6 is 0 Å². The molecule has 0 heterocycles. The summed E-state index contributed by atoms with van der Waals surface area (Å²) < 4.78 is 40.9. The number of aryl methyl sites for hydroxylation is 2. The lowest BCUT2D eigenvalue weighted by molar-refractivity contribution is 0.580. The minimum absolute atomic E-state index is 0.0729. The summed E-state index contributed by atoms with van der Waals surface area (Å²) in [4.78, 5) is 0. The second kappa shape index (κ2) is 4.24. The van der Waals surface area contributed by atoms with Crippen molar-refractivity contribution in [2.24, 2.45) is 0 Å². The topological polar surface area (TPSA) is 0 Å². The minimum Gasteiger partial charge on any atom is -0.206 e. The van der Waals surface area contributed by atoms with Crippen LogP contribution in [0.1, 0.15) is 11.1 Å². The first-order valence-corrected chi connectivity index (χ1v) is 5.13. The van der Waals surface area contributed by atoms with E-state index >= 15 is 0 Å². The third kappa shape index (κ3) is 2.18. The molecule has 0 unspecified atom stereocenters. The van der Waals surface area contributed by atoms with E-state index in [2.05, 4.69) is 6.07 Å².